The van der Waals surface area contributed by atoms with Gasteiger partial charge in [-0.25, -0.2) is 0 Å². The van der Waals surface area contributed by atoms with E-state index in [-0.39, 0.29) is 19.2 Å². The lowest BCUT2D eigenvalue weighted by Gasteiger charge is -2.02. The molecular formula is C20H36O3. The molecule has 1 N–H and O–H groups in total. The zero-order valence-electron chi connectivity index (χ0n) is 15.0. The fraction of sp³-hybridized carbons (Fsp3) is 0.750. The van der Waals surface area contributed by atoms with Crippen molar-refractivity contribution in [1.29, 1.82) is 0 Å². The van der Waals surface area contributed by atoms with E-state index in [2.05, 4.69) is 31.2 Å². The second-order valence-corrected chi connectivity index (χ2v) is 5.92. The molecule has 0 aliphatic rings. The van der Waals surface area contributed by atoms with Crippen LogP contribution in [0.2, 0.25) is 0 Å². The fourth-order valence-corrected chi connectivity index (χ4v) is 2.31. The Morgan fingerprint density at radius 3 is 2.13 bits per heavy atom. The van der Waals surface area contributed by atoms with E-state index in [9.17, 15) is 4.79 Å². The molecule has 0 aliphatic carbocycles. The van der Waals surface area contributed by atoms with Crippen LogP contribution in [0.25, 0.3) is 0 Å². The Morgan fingerprint density at radius 1 is 0.870 bits per heavy atom. The third-order valence-electron chi connectivity index (χ3n) is 3.69. The first-order chi connectivity index (χ1) is 11.3. The van der Waals surface area contributed by atoms with Crippen LogP contribution in [0.5, 0.6) is 0 Å². The van der Waals surface area contributed by atoms with Gasteiger partial charge in [-0.05, 0) is 38.5 Å². The summed E-state index contributed by atoms with van der Waals surface area (Å²) in [5, 5.41) is 8.53. The predicted octanol–water partition coefficient (Wildman–Crippen LogP) is 5.34. The molecule has 0 spiro atoms. The van der Waals surface area contributed by atoms with E-state index in [1.54, 1.807) is 0 Å². The lowest BCUT2D eigenvalue weighted by molar-refractivity contribution is -0.144. The number of esters is 1. The molecule has 0 aromatic carbocycles. The molecule has 0 saturated heterocycles. The summed E-state index contributed by atoms with van der Waals surface area (Å²) < 4.78 is 4.81. The Hall–Kier alpha value is -1.09. The molecular weight excluding hydrogens is 288 g/mol. The molecule has 0 aliphatic heterocycles. The van der Waals surface area contributed by atoms with Crippen LogP contribution in [0, 0.1) is 0 Å². The number of unbranched alkanes of at least 4 members (excludes halogenated alkanes) is 8. The maximum Gasteiger partial charge on any atom is 0.305 e. The van der Waals surface area contributed by atoms with E-state index in [4.69, 9.17) is 9.84 Å². The summed E-state index contributed by atoms with van der Waals surface area (Å²) in [5.74, 6) is -0.190. The SMILES string of the molecule is CCCCC/C=C\C/C=C/CCCCCCCC(=O)OCCO. The van der Waals surface area contributed by atoms with Gasteiger partial charge in [-0.3, -0.25) is 4.79 Å². The summed E-state index contributed by atoms with van der Waals surface area (Å²) in [6.45, 7) is 2.27. The zero-order chi connectivity index (χ0) is 17.0. The molecule has 0 unspecified atom stereocenters. The van der Waals surface area contributed by atoms with Crippen molar-refractivity contribution in [2.75, 3.05) is 13.2 Å². The van der Waals surface area contributed by atoms with Crippen molar-refractivity contribution in [3.8, 4) is 0 Å². The first-order valence-corrected chi connectivity index (χ1v) is 9.37. The normalized spacial score (nSPS) is 11.6. The van der Waals surface area contributed by atoms with Gasteiger partial charge in [0.1, 0.15) is 6.61 Å². The lowest BCUT2D eigenvalue weighted by atomic mass is 10.1. The van der Waals surface area contributed by atoms with Gasteiger partial charge in [0, 0.05) is 6.42 Å². The van der Waals surface area contributed by atoms with E-state index in [1.807, 2.05) is 0 Å². The topological polar surface area (TPSA) is 46.5 Å². The standard InChI is InChI=1S/C20H36O3/c1-2-3-4-5-6-7-8-9-10-11-12-13-14-15-16-17-20(22)23-19-18-21/h6-7,9-10,21H,2-5,8,11-19H2,1H3/b7-6-,10-9+. The number of carbonyl (C=O) groups excluding carboxylic acids is 1. The van der Waals surface area contributed by atoms with Crippen molar-refractivity contribution in [3.05, 3.63) is 24.3 Å². The molecule has 0 radical (unpaired) electrons. The van der Waals surface area contributed by atoms with Crippen LogP contribution >= 0.6 is 0 Å². The Morgan fingerprint density at radius 2 is 1.48 bits per heavy atom. The van der Waals surface area contributed by atoms with Gasteiger partial charge in [0.25, 0.3) is 0 Å². The molecule has 0 bridgehead atoms. The Balaban J connectivity index is 3.23. The molecule has 0 rings (SSSR count). The molecule has 23 heavy (non-hydrogen) atoms. The molecule has 0 heterocycles. The number of rotatable bonds is 16. The number of aliphatic hydroxyl groups excluding tert-OH is 1. The Kier molecular flexibility index (Phi) is 18.1. The monoisotopic (exact) mass is 324 g/mol. The van der Waals surface area contributed by atoms with Crippen LogP contribution in [0.3, 0.4) is 0 Å². The highest BCUT2D eigenvalue weighted by Crippen LogP contribution is 2.08. The summed E-state index contributed by atoms with van der Waals surface area (Å²) in [6, 6.07) is 0. The highest BCUT2D eigenvalue weighted by Gasteiger charge is 2.01. The van der Waals surface area contributed by atoms with E-state index in [0.29, 0.717) is 6.42 Å². The van der Waals surface area contributed by atoms with Crippen molar-refractivity contribution < 1.29 is 14.6 Å². The fourth-order valence-electron chi connectivity index (χ4n) is 2.31. The minimum atomic E-state index is -0.190. The summed E-state index contributed by atoms with van der Waals surface area (Å²) in [5.41, 5.74) is 0. The van der Waals surface area contributed by atoms with Gasteiger partial charge in [-0.2, -0.15) is 0 Å². The van der Waals surface area contributed by atoms with Gasteiger partial charge in [-0.15, -0.1) is 0 Å². The van der Waals surface area contributed by atoms with Gasteiger partial charge in [0.15, 0.2) is 0 Å². The van der Waals surface area contributed by atoms with Crippen LogP contribution in [0.15, 0.2) is 24.3 Å². The number of ether oxygens (including phenoxy) is 1. The number of hydrogen-bond donors (Lipinski definition) is 1. The first-order valence-electron chi connectivity index (χ1n) is 9.37. The number of allylic oxidation sites excluding steroid dienone is 4. The Bertz CT molecular complexity index is 308. The van der Waals surface area contributed by atoms with Crippen LogP contribution in [0.1, 0.15) is 84.0 Å². The molecule has 0 aromatic rings. The minimum absolute atomic E-state index is 0.0894. The van der Waals surface area contributed by atoms with E-state index in [1.165, 1.54) is 44.9 Å². The average Bonchev–Trinajstić information content (AvgIpc) is 2.56. The van der Waals surface area contributed by atoms with Gasteiger partial charge in [0.2, 0.25) is 0 Å². The average molecular weight is 325 g/mol. The highest BCUT2D eigenvalue weighted by atomic mass is 16.5. The highest BCUT2D eigenvalue weighted by molar-refractivity contribution is 5.69. The molecule has 0 fully saturated rings. The maximum absolute atomic E-state index is 11.2. The largest absolute Gasteiger partial charge is 0.463 e. The van der Waals surface area contributed by atoms with Crippen LogP contribution in [-0.2, 0) is 9.53 Å². The molecule has 0 saturated carbocycles. The smallest absolute Gasteiger partial charge is 0.305 e. The van der Waals surface area contributed by atoms with Crippen molar-refractivity contribution in [1.82, 2.24) is 0 Å². The molecule has 0 amide bonds. The summed E-state index contributed by atoms with van der Waals surface area (Å²) in [4.78, 5) is 11.2. The number of carbonyl (C=O) groups is 1. The van der Waals surface area contributed by atoms with Crippen LogP contribution < -0.4 is 0 Å². The van der Waals surface area contributed by atoms with Crippen LogP contribution in [-0.4, -0.2) is 24.3 Å². The summed E-state index contributed by atoms with van der Waals surface area (Å²) in [6.07, 6.45) is 22.6. The summed E-state index contributed by atoms with van der Waals surface area (Å²) >= 11 is 0. The van der Waals surface area contributed by atoms with Crippen LogP contribution in [0.4, 0.5) is 0 Å². The second kappa shape index (κ2) is 19.0. The van der Waals surface area contributed by atoms with Crippen molar-refractivity contribution in [2.45, 2.75) is 84.0 Å². The van der Waals surface area contributed by atoms with E-state index < -0.39 is 0 Å². The molecule has 3 nitrogen and oxygen atoms in total. The maximum atomic E-state index is 11.2. The van der Waals surface area contributed by atoms with Crippen molar-refractivity contribution >= 4 is 5.97 Å². The van der Waals surface area contributed by atoms with Gasteiger partial charge >= 0.3 is 5.97 Å². The van der Waals surface area contributed by atoms with E-state index >= 15 is 0 Å². The first kappa shape index (κ1) is 21.9. The van der Waals surface area contributed by atoms with Gasteiger partial charge in [-0.1, -0.05) is 63.3 Å². The summed E-state index contributed by atoms with van der Waals surface area (Å²) in [7, 11) is 0. The molecule has 0 aromatic heterocycles. The Labute approximate surface area is 142 Å². The van der Waals surface area contributed by atoms with Gasteiger partial charge < -0.3 is 9.84 Å². The van der Waals surface area contributed by atoms with E-state index in [0.717, 1.165) is 25.7 Å². The van der Waals surface area contributed by atoms with Crippen molar-refractivity contribution in [3.63, 3.8) is 0 Å². The minimum Gasteiger partial charge on any atom is -0.463 e. The third-order valence-corrected chi connectivity index (χ3v) is 3.69. The quantitative estimate of drug-likeness (QED) is 0.237. The second-order valence-electron chi connectivity index (χ2n) is 5.92. The molecule has 3 heteroatoms. The number of hydrogen-bond acceptors (Lipinski definition) is 3. The lowest BCUT2D eigenvalue weighted by Crippen LogP contribution is -2.07. The molecule has 134 valence electrons. The van der Waals surface area contributed by atoms with Gasteiger partial charge in [0.05, 0.1) is 6.61 Å². The van der Waals surface area contributed by atoms with Crippen molar-refractivity contribution in [2.24, 2.45) is 0 Å². The third kappa shape index (κ3) is 18.9. The number of aliphatic hydroxyl groups is 1. The molecule has 0 atom stereocenters. The zero-order valence-corrected chi connectivity index (χ0v) is 15.0. The predicted molar refractivity (Wildman–Crippen MR) is 97.4 cm³/mol.